The van der Waals surface area contributed by atoms with Crippen molar-refractivity contribution < 1.29 is 19.1 Å². The minimum atomic E-state index is -0.310. The van der Waals surface area contributed by atoms with Gasteiger partial charge in [0.15, 0.2) is 5.11 Å². The standard InChI is InChI=1S/C22H27N3O4S/c1-3-28-14-15-29-19-11-7-17(8-12-19)21(27)25-22(30)24-18-9-4-16(5-10-18)6-13-20(26)23-2/h4-5,7-12H,3,6,13-15H2,1-2H3,(H,23,26)(H2,24,25,27,30). The number of thiocarbonyl (C=S) groups is 1. The van der Waals surface area contributed by atoms with Gasteiger partial charge in [-0.2, -0.15) is 0 Å². The summed E-state index contributed by atoms with van der Waals surface area (Å²) in [6, 6.07) is 14.4. The molecule has 0 aliphatic heterocycles. The van der Waals surface area contributed by atoms with Crippen LogP contribution in [0.3, 0.4) is 0 Å². The van der Waals surface area contributed by atoms with Gasteiger partial charge in [-0.15, -0.1) is 0 Å². The Morgan fingerprint density at radius 1 is 1.00 bits per heavy atom. The first kappa shape index (κ1) is 23.3. The van der Waals surface area contributed by atoms with Crippen LogP contribution in [0.1, 0.15) is 29.3 Å². The average molecular weight is 430 g/mol. The number of hydrogen-bond donors (Lipinski definition) is 3. The van der Waals surface area contributed by atoms with E-state index in [-0.39, 0.29) is 16.9 Å². The van der Waals surface area contributed by atoms with E-state index in [1.165, 1.54) is 0 Å². The van der Waals surface area contributed by atoms with Crippen LogP contribution in [0, 0.1) is 0 Å². The number of aryl methyl sites for hydroxylation is 1. The zero-order valence-electron chi connectivity index (χ0n) is 17.2. The number of ether oxygens (including phenoxy) is 2. The lowest BCUT2D eigenvalue weighted by molar-refractivity contribution is -0.120. The molecule has 0 saturated heterocycles. The summed E-state index contributed by atoms with van der Waals surface area (Å²) >= 11 is 5.22. The second kappa shape index (κ2) is 12.6. The van der Waals surface area contributed by atoms with Crippen LogP contribution < -0.4 is 20.7 Å². The highest BCUT2D eigenvalue weighted by Gasteiger charge is 2.08. The maximum absolute atomic E-state index is 12.4. The van der Waals surface area contributed by atoms with Crippen LogP contribution in [-0.4, -0.2) is 43.8 Å². The smallest absolute Gasteiger partial charge is 0.257 e. The summed E-state index contributed by atoms with van der Waals surface area (Å²) in [5.41, 5.74) is 2.27. The van der Waals surface area contributed by atoms with Crippen molar-refractivity contribution in [3.8, 4) is 5.75 Å². The molecule has 0 spiro atoms. The predicted octanol–water partition coefficient (Wildman–Crippen LogP) is 2.91. The van der Waals surface area contributed by atoms with E-state index < -0.39 is 0 Å². The molecule has 0 aromatic heterocycles. The van der Waals surface area contributed by atoms with E-state index in [1.54, 1.807) is 31.3 Å². The van der Waals surface area contributed by atoms with Gasteiger partial charge >= 0.3 is 0 Å². The molecule has 0 bridgehead atoms. The molecular weight excluding hydrogens is 402 g/mol. The van der Waals surface area contributed by atoms with Crippen LogP contribution in [0.5, 0.6) is 5.75 Å². The molecule has 2 rings (SSSR count). The van der Waals surface area contributed by atoms with Crippen LogP contribution in [-0.2, 0) is 16.0 Å². The highest BCUT2D eigenvalue weighted by Crippen LogP contribution is 2.13. The van der Waals surface area contributed by atoms with Crippen molar-refractivity contribution >= 4 is 34.8 Å². The van der Waals surface area contributed by atoms with E-state index in [4.69, 9.17) is 21.7 Å². The number of nitrogens with one attached hydrogen (secondary N) is 3. The number of benzene rings is 2. The van der Waals surface area contributed by atoms with Gasteiger partial charge in [0, 0.05) is 31.3 Å². The number of carbonyl (C=O) groups is 2. The minimum Gasteiger partial charge on any atom is -0.491 e. The van der Waals surface area contributed by atoms with Crippen molar-refractivity contribution in [3.05, 3.63) is 59.7 Å². The van der Waals surface area contributed by atoms with Crippen molar-refractivity contribution in [2.45, 2.75) is 19.8 Å². The topological polar surface area (TPSA) is 88.7 Å². The quantitative estimate of drug-likeness (QED) is 0.398. The molecule has 0 unspecified atom stereocenters. The largest absolute Gasteiger partial charge is 0.491 e. The van der Waals surface area contributed by atoms with Crippen LogP contribution in [0.15, 0.2) is 48.5 Å². The summed E-state index contributed by atoms with van der Waals surface area (Å²) in [5.74, 6) is 0.366. The van der Waals surface area contributed by atoms with E-state index in [0.717, 1.165) is 11.3 Å². The third-order valence-corrected chi connectivity index (χ3v) is 4.38. The number of anilines is 1. The molecule has 2 aromatic rings. The van der Waals surface area contributed by atoms with Gasteiger partial charge in [-0.3, -0.25) is 14.9 Å². The van der Waals surface area contributed by atoms with E-state index in [9.17, 15) is 9.59 Å². The molecule has 8 heteroatoms. The Kier molecular flexibility index (Phi) is 9.76. The molecule has 7 nitrogen and oxygen atoms in total. The Morgan fingerprint density at radius 3 is 2.33 bits per heavy atom. The molecule has 30 heavy (non-hydrogen) atoms. The molecule has 2 aromatic carbocycles. The van der Waals surface area contributed by atoms with Crippen molar-refractivity contribution in [2.24, 2.45) is 0 Å². The Labute approximate surface area is 182 Å². The first-order chi connectivity index (χ1) is 14.5. The minimum absolute atomic E-state index is 0.00574. The fourth-order valence-corrected chi connectivity index (χ4v) is 2.75. The first-order valence-corrected chi connectivity index (χ1v) is 10.1. The molecule has 0 atom stereocenters. The molecule has 0 saturated carbocycles. The van der Waals surface area contributed by atoms with Crippen LogP contribution in [0.2, 0.25) is 0 Å². The van der Waals surface area contributed by atoms with E-state index in [0.29, 0.717) is 44.0 Å². The van der Waals surface area contributed by atoms with E-state index >= 15 is 0 Å². The first-order valence-electron chi connectivity index (χ1n) is 9.74. The highest BCUT2D eigenvalue weighted by molar-refractivity contribution is 7.80. The number of carbonyl (C=O) groups excluding carboxylic acids is 2. The average Bonchev–Trinajstić information content (AvgIpc) is 2.76. The monoisotopic (exact) mass is 429 g/mol. The summed E-state index contributed by atoms with van der Waals surface area (Å²) in [4.78, 5) is 23.7. The maximum Gasteiger partial charge on any atom is 0.257 e. The number of amides is 2. The van der Waals surface area contributed by atoms with E-state index in [2.05, 4.69) is 16.0 Å². The third-order valence-electron chi connectivity index (χ3n) is 4.18. The Balaban J connectivity index is 1.79. The molecule has 0 aliphatic rings. The van der Waals surface area contributed by atoms with Crippen molar-refractivity contribution in [1.82, 2.24) is 10.6 Å². The van der Waals surface area contributed by atoms with Crippen molar-refractivity contribution in [3.63, 3.8) is 0 Å². The van der Waals surface area contributed by atoms with Gasteiger partial charge in [0.25, 0.3) is 5.91 Å². The summed E-state index contributed by atoms with van der Waals surface area (Å²) in [6.45, 7) is 3.56. The molecule has 0 heterocycles. The fourth-order valence-electron chi connectivity index (χ4n) is 2.54. The fraction of sp³-hybridized carbons (Fsp3) is 0.318. The maximum atomic E-state index is 12.4. The Bertz CT molecular complexity index is 838. The van der Waals surface area contributed by atoms with Crippen LogP contribution in [0.25, 0.3) is 0 Å². The molecule has 0 fully saturated rings. The lowest BCUT2D eigenvalue weighted by Crippen LogP contribution is -2.34. The number of rotatable bonds is 10. The number of hydrogen-bond acceptors (Lipinski definition) is 5. The molecule has 2 amide bonds. The van der Waals surface area contributed by atoms with Crippen LogP contribution in [0.4, 0.5) is 5.69 Å². The summed E-state index contributed by atoms with van der Waals surface area (Å²) in [7, 11) is 1.62. The lowest BCUT2D eigenvalue weighted by Gasteiger charge is -2.11. The summed E-state index contributed by atoms with van der Waals surface area (Å²) < 4.78 is 10.7. The molecule has 0 aliphatic carbocycles. The van der Waals surface area contributed by atoms with Crippen LogP contribution >= 0.6 is 12.2 Å². The van der Waals surface area contributed by atoms with Gasteiger partial charge in [0.2, 0.25) is 5.91 Å². The van der Waals surface area contributed by atoms with Gasteiger partial charge in [0.05, 0.1) is 6.61 Å². The van der Waals surface area contributed by atoms with Crippen molar-refractivity contribution in [1.29, 1.82) is 0 Å². The van der Waals surface area contributed by atoms with Gasteiger partial charge < -0.3 is 20.1 Å². The third kappa shape index (κ3) is 8.18. The second-order valence-electron chi connectivity index (χ2n) is 6.35. The predicted molar refractivity (Wildman–Crippen MR) is 121 cm³/mol. The molecule has 160 valence electrons. The summed E-state index contributed by atoms with van der Waals surface area (Å²) in [6.07, 6.45) is 1.10. The Morgan fingerprint density at radius 2 is 1.70 bits per heavy atom. The highest BCUT2D eigenvalue weighted by atomic mass is 32.1. The van der Waals surface area contributed by atoms with Gasteiger partial charge in [-0.25, -0.2) is 0 Å². The zero-order chi connectivity index (χ0) is 21.8. The molecule has 0 radical (unpaired) electrons. The van der Waals surface area contributed by atoms with Crippen molar-refractivity contribution in [2.75, 3.05) is 32.2 Å². The van der Waals surface area contributed by atoms with Gasteiger partial charge in [-0.1, -0.05) is 12.1 Å². The van der Waals surface area contributed by atoms with Gasteiger partial charge in [-0.05, 0) is 67.5 Å². The van der Waals surface area contributed by atoms with Gasteiger partial charge in [0.1, 0.15) is 12.4 Å². The summed E-state index contributed by atoms with van der Waals surface area (Å²) in [5, 5.41) is 8.44. The second-order valence-corrected chi connectivity index (χ2v) is 6.76. The zero-order valence-corrected chi connectivity index (χ0v) is 18.0. The SMILES string of the molecule is CCOCCOc1ccc(C(=O)NC(=S)Nc2ccc(CCC(=O)NC)cc2)cc1. The lowest BCUT2D eigenvalue weighted by atomic mass is 10.1. The Hall–Kier alpha value is -2.97. The molecular formula is C22H27N3O4S. The normalized spacial score (nSPS) is 10.2. The molecule has 3 N–H and O–H groups in total. The van der Waals surface area contributed by atoms with E-state index in [1.807, 2.05) is 31.2 Å².